The first-order chi connectivity index (χ1) is 34.0. The highest BCUT2D eigenvalue weighted by molar-refractivity contribution is 5.26. The number of rotatable bonds is 15. The lowest BCUT2D eigenvalue weighted by Gasteiger charge is -2.58. The number of aliphatic hydroxyl groups is 13. The second-order valence-corrected chi connectivity index (χ2v) is 23.5. The fraction of sp³-hybridized carbons (Fsp3) is 0.960. The lowest BCUT2D eigenvalue weighted by Crippen LogP contribution is -2.65. The molecule has 6 unspecified atom stereocenters. The Morgan fingerprint density at radius 1 is 0.722 bits per heavy atom. The molecule has 3 saturated carbocycles. The summed E-state index contributed by atoms with van der Waals surface area (Å²) in [5.74, 6) is -0.221. The van der Waals surface area contributed by atoms with Gasteiger partial charge in [0.05, 0.1) is 51.3 Å². The van der Waals surface area contributed by atoms with Gasteiger partial charge in [0, 0.05) is 12.3 Å². The summed E-state index contributed by atoms with van der Waals surface area (Å²) in [7, 11) is 0. The molecule has 4 aliphatic carbocycles. The van der Waals surface area contributed by atoms with E-state index < -0.39 is 148 Å². The monoisotopic (exact) mass is 1030 g/mol. The maximum atomic E-state index is 12.1. The average molecular weight is 1040 g/mol. The Morgan fingerprint density at radius 2 is 1.40 bits per heavy atom. The molecule has 0 radical (unpaired) electrons. The van der Waals surface area contributed by atoms with Crippen LogP contribution in [0, 0.1) is 46.3 Å². The molecule has 72 heavy (non-hydrogen) atoms. The molecule has 0 aromatic rings. The molecular weight excluding hydrogens is 953 g/mol. The van der Waals surface area contributed by atoms with Crippen molar-refractivity contribution in [2.75, 3.05) is 33.0 Å². The Bertz CT molecular complexity index is 1880. The van der Waals surface area contributed by atoms with E-state index in [0.717, 1.165) is 32.1 Å². The van der Waals surface area contributed by atoms with Gasteiger partial charge in [-0.05, 0) is 98.7 Å². The molecule has 8 fully saturated rings. The molecule has 5 heterocycles. The quantitative estimate of drug-likeness (QED) is 0.0763. The van der Waals surface area contributed by atoms with Crippen molar-refractivity contribution in [3.05, 3.63) is 11.6 Å². The zero-order valence-electron chi connectivity index (χ0n) is 41.9. The van der Waals surface area contributed by atoms with E-state index in [0.29, 0.717) is 43.4 Å². The van der Waals surface area contributed by atoms with Crippen LogP contribution in [-0.2, 0) is 42.6 Å². The molecule has 29 atom stereocenters. The molecule has 9 aliphatic rings. The van der Waals surface area contributed by atoms with Gasteiger partial charge in [-0.15, -0.1) is 0 Å². The summed E-state index contributed by atoms with van der Waals surface area (Å²) in [6.07, 6.45) is -16.3. The van der Waals surface area contributed by atoms with Crippen LogP contribution in [0.2, 0.25) is 0 Å². The van der Waals surface area contributed by atoms with E-state index in [1.807, 2.05) is 6.92 Å². The summed E-state index contributed by atoms with van der Waals surface area (Å²) in [5.41, 5.74) is -0.981. The van der Waals surface area contributed by atoms with Crippen LogP contribution >= 0.6 is 0 Å². The van der Waals surface area contributed by atoms with Gasteiger partial charge < -0.3 is 109 Å². The third-order valence-corrected chi connectivity index (χ3v) is 19.2. The van der Waals surface area contributed by atoms with Crippen LogP contribution in [0.5, 0.6) is 0 Å². The molecule has 22 heteroatoms. The normalized spacial score (nSPS) is 54.9. The van der Waals surface area contributed by atoms with E-state index in [1.54, 1.807) is 0 Å². The Morgan fingerprint density at radius 3 is 2.10 bits per heavy atom. The van der Waals surface area contributed by atoms with E-state index >= 15 is 0 Å². The third kappa shape index (κ3) is 9.69. The maximum Gasteiger partial charge on any atom is 0.187 e. The van der Waals surface area contributed by atoms with Gasteiger partial charge in [-0.1, -0.05) is 39.3 Å². The lowest BCUT2D eigenvalue weighted by molar-refractivity contribution is -0.375. The SMILES string of the molecule is C[C@H](CCC1(O)OC2CC3C4CC=C5C[C@@H](O[C@@H]6O[C@H](CO)[C@@H](O[C@@H]7O[C@@H](C)[C@H](O)[C@@H](O)[C@H]7O)[C@H](O)[C@H]6O[C@@H]6OC[C@](O)(CO)[C@H]6O)CC[C@]5(C)C4CC[C@]3(C)C2[C@@H]1C)CO[C@@H]1O[C@H](CO)[C@@H](O)[C@H](O)[C@H]1O. The van der Waals surface area contributed by atoms with Crippen LogP contribution in [-0.4, -0.2) is 228 Å². The molecule has 22 nitrogen and oxygen atoms in total. The zero-order valence-corrected chi connectivity index (χ0v) is 41.9. The summed E-state index contributed by atoms with van der Waals surface area (Å²) in [6, 6.07) is 0. The van der Waals surface area contributed by atoms with Crippen molar-refractivity contribution in [3.63, 3.8) is 0 Å². The van der Waals surface area contributed by atoms with E-state index in [9.17, 15) is 66.4 Å². The summed E-state index contributed by atoms with van der Waals surface area (Å²) >= 11 is 0. The van der Waals surface area contributed by atoms with Crippen molar-refractivity contribution in [2.45, 2.75) is 221 Å². The van der Waals surface area contributed by atoms with Gasteiger partial charge in [0.25, 0.3) is 0 Å². The smallest absolute Gasteiger partial charge is 0.187 e. The Balaban J connectivity index is 0.841. The topological polar surface area (TPSA) is 346 Å². The lowest BCUT2D eigenvalue weighted by atomic mass is 9.47. The molecule has 0 amide bonds. The first kappa shape index (κ1) is 55.6. The minimum Gasteiger partial charge on any atom is -0.394 e. The summed E-state index contributed by atoms with van der Waals surface area (Å²) in [5, 5.41) is 138. The number of fused-ring (bicyclic) bond motifs is 7. The van der Waals surface area contributed by atoms with Gasteiger partial charge in [0.2, 0.25) is 0 Å². The highest BCUT2D eigenvalue weighted by Gasteiger charge is 2.68. The number of hydrogen-bond acceptors (Lipinski definition) is 22. The number of allylic oxidation sites excluding steroid dienone is 1. The minimum absolute atomic E-state index is 0.0570. The first-order valence-electron chi connectivity index (χ1n) is 26.3. The van der Waals surface area contributed by atoms with Crippen molar-refractivity contribution >= 4 is 0 Å². The van der Waals surface area contributed by atoms with E-state index in [1.165, 1.54) is 12.5 Å². The van der Waals surface area contributed by atoms with E-state index in [-0.39, 0.29) is 41.3 Å². The van der Waals surface area contributed by atoms with Crippen LogP contribution in [0.25, 0.3) is 0 Å². The molecule has 0 aromatic carbocycles. The highest BCUT2D eigenvalue weighted by atomic mass is 16.8. The Labute approximate surface area is 419 Å². The van der Waals surface area contributed by atoms with Gasteiger partial charge in [0.15, 0.2) is 30.9 Å². The predicted molar refractivity (Wildman–Crippen MR) is 244 cm³/mol. The van der Waals surface area contributed by atoms with Crippen LogP contribution in [0.4, 0.5) is 0 Å². The predicted octanol–water partition coefficient (Wildman–Crippen LogP) is -2.37. The fourth-order valence-corrected chi connectivity index (χ4v) is 14.7. The molecule has 9 rings (SSSR count). The number of hydrogen-bond donors (Lipinski definition) is 13. The maximum absolute atomic E-state index is 12.1. The molecule has 0 bridgehead atoms. The van der Waals surface area contributed by atoms with Crippen LogP contribution < -0.4 is 0 Å². The molecule has 13 N–H and O–H groups in total. The van der Waals surface area contributed by atoms with Crippen molar-refractivity contribution < 1.29 is 109 Å². The minimum atomic E-state index is -2.05. The van der Waals surface area contributed by atoms with Crippen molar-refractivity contribution in [3.8, 4) is 0 Å². The zero-order chi connectivity index (χ0) is 52.0. The van der Waals surface area contributed by atoms with Crippen LogP contribution in [0.15, 0.2) is 11.6 Å². The molecular formula is C50H82O22. The molecule has 5 saturated heterocycles. The third-order valence-electron chi connectivity index (χ3n) is 19.2. The van der Waals surface area contributed by atoms with Gasteiger partial charge in [0.1, 0.15) is 78.8 Å². The average Bonchev–Trinajstić information content (AvgIpc) is 3.92. The molecule has 0 spiro atoms. The van der Waals surface area contributed by atoms with Crippen molar-refractivity contribution in [2.24, 2.45) is 46.3 Å². The second kappa shape index (κ2) is 21.2. The van der Waals surface area contributed by atoms with Crippen LogP contribution in [0.1, 0.15) is 92.4 Å². The second-order valence-electron chi connectivity index (χ2n) is 23.5. The Kier molecular flexibility index (Phi) is 16.4. The Hall–Kier alpha value is -1.14. The summed E-state index contributed by atoms with van der Waals surface area (Å²) < 4.78 is 54.2. The molecule has 0 aromatic heterocycles. The molecule has 5 aliphatic heterocycles. The molecule has 414 valence electrons. The number of ether oxygens (including phenoxy) is 9. The standard InChI is InChI=1S/C50H82O22/c1-21(18-64-43-37(58)36(57)34(55)30(16-51)68-43)8-13-50(63)22(2)32-29(72-50)15-28-26-7-6-24-14-25(9-11-47(24,4)27(26)10-12-48(28,32)5)67-45-41(71-46-42(61)49(62,19-53)20-65-46)39(60)40(31(17-52)69-45)70-44-38(59)35(56)33(54)23(3)66-44/h6,21-23,25-46,51-63H,7-20H2,1-5H3/t21-,22+,23+,25+,26?,27?,28?,29?,30-,31-,32?,33+,34-,35-,36+,37-,38-,39+,40-,41-,42+,43-,44+,45-,46+,47+,48+,49-,50?/m1/s1. The van der Waals surface area contributed by atoms with Crippen LogP contribution in [0.3, 0.4) is 0 Å². The van der Waals surface area contributed by atoms with Gasteiger partial charge in [-0.3, -0.25) is 0 Å². The van der Waals surface area contributed by atoms with E-state index in [4.69, 9.17) is 42.6 Å². The largest absolute Gasteiger partial charge is 0.394 e. The first-order valence-corrected chi connectivity index (χ1v) is 26.3. The summed E-state index contributed by atoms with van der Waals surface area (Å²) in [6.45, 7) is 7.87. The summed E-state index contributed by atoms with van der Waals surface area (Å²) in [4.78, 5) is 0. The fourth-order valence-electron chi connectivity index (χ4n) is 14.7. The van der Waals surface area contributed by atoms with E-state index in [2.05, 4.69) is 26.8 Å². The van der Waals surface area contributed by atoms with Gasteiger partial charge in [-0.25, -0.2) is 0 Å². The van der Waals surface area contributed by atoms with Crippen molar-refractivity contribution in [1.29, 1.82) is 0 Å². The highest BCUT2D eigenvalue weighted by Crippen LogP contribution is 2.70. The van der Waals surface area contributed by atoms with Gasteiger partial charge >= 0.3 is 0 Å². The number of aliphatic hydroxyl groups excluding tert-OH is 11. The van der Waals surface area contributed by atoms with Crippen molar-refractivity contribution in [1.82, 2.24) is 0 Å². The van der Waals surface area contributed by atoms with Gasteiger partial charge in [-0.2, -0.15) is 0 Å².